The number of hydrogen-bond acceptors (Lipinski definition) is 4. The van der Waals surface area contributed by atoms with Gasteiger partial charge in [-0.3, -0.25) is 14.4 Å². The lowest BCUT2D eigenvalue weighted by molar-refractivity contribution is -0.124. The van der Waals surface area contributed by atoms with Crippen LogP contribution < -0.4 is 10.6 Å². The number of hydrogen-bond donors (Lipinski definition) is 2. The number of amides is 3. The summed E-state index contributed by atoms with van der Waals surface area (Å²) in [4.78, 5) is 40.9. The molecule has 0 radical (unpaired) electrons. The number of nitrogens with zero attached hydrogens (tertiary/aromatic N) is 1. The number of thiophene rings is 1. The van der Waals surface area contributed by atoms with Gasteiger partial charge in [-0.2, -0.15) is 0 Å². The van der Waals surface area contributed by atoms with E-state index in [9.17, 15) is 14.4 Å². The lowest BCUT2D eigenvalue weighted by Gasteiger charge is -2.36. The Balaban J connectivity index is 1.66. The van der Waals surface area contributed by atoms with Crippen molar-refractivity contribution in [3.63, 3.8) is 0 Å². The fourth-order valence-corrected chi connectivity index (χ4v) is 4.46. The van der Waals surface area contributed by atoms with E-state index >= 15 is 0 Å². The number of aryl methyl sites for hydroxylation is 1. The fraction of sp³-hybridized carbons (Fsp3) is 0.458. The standard InChI is InChI=1S/C24H31N3O3S/c1-16(2)15-25-23(29)21(26-22(28)20-8-5-13-31-20)18-9-11-27(12-10-18)24(30)19-7-4-6-17(3)14-19/h4-8,13-14,16,18,21H,9-12,15H2,1-3H3,(H,25,29)(H,26,28)/t21-/m0/s1. The number of benzene rings is 1. The Kier molecular flexibility index (Phi) is 7.85. The number of carbonyl (C=O) groups excluding carboxylic acids is 3. The number of rotatable bonds is 7. The summed E-state index contributed by atoms with van der Waals surface area (Å²) in [5.41, 5.74) is 1.74. The van der Waals surface area contributed by atoms with Gasteiger partial charge in [0.25, 0.3) is 11.8 Å². The highest BCUT2D eigenvalue weighted by Crippen LogP contribution is 2.23. The molecule has 0 bridgehead atoms. The maximum absolute atomic E-state index is 12.9. The van der Waals surface area contributed by atoms with E-state index in [4.69, 9.17) is 0 Å². The van der Waals surface area contributed by atoms with Crippen LogP contribution in [0.25, 0.3) is 0 Å². The van der Waals surface area contributed by atoms with E-state index in [2.05, 4.69) is 10.6 Å². The second-order valence-electron chi connectivity index (χ2n) is 8.57. The van der Waals surface area contributed by atoms with Gasteiger partial charge in [-0.05, 0) is 55.2 Å². The van der Waals surface area contributed by atoms with Gasteiger partial charge < -0.3 is 15.5 Å². The third-order valence-corrected chi connectivity index (χ3v) is 6.43. The van der Waals surface area contributed by atoms with Crippen molar-refractivity contribution in [2.24, 2.45) is 11.8 Å². The Bertz CT molecular complexity index is 903. The first-order chi connectivity index (χ1) is 14.8. The molecule has 2 heterocycles. The Hall–Kier alpha value is -2.67. The zero-order valence-corrected chi connectivity index (χ0v) is 19.2. The SMILES string of the molecule is Cc1cccc(C(=O)N2CCC([C@H](NC(=O)c3cccs3)C(=O)NCC(C)C)CC2)c1. The van der Waals surface area contributed by atoms with Crippen molar-refractivity contribution in [3.05, 3.63) is 57.8 Å². The quantitative estimate of drug-likeness (QED) is 0.691. The first-order valence-electron chi connectivity index (χ1n) is 10.8. The predicted octanol–water partition coefficient (Wildman–Crippen LogP) is 3.48. The minimum Gasteiger partial charge on any atom is -0.354 e. The third-order valence-electron chi connectivity index (χ3n) is 5.56. The summed E-state index contributed by atoms with van der Waals surface area (Å²) in [6.07, 6.45) is 1.34. The Morgan fingerprint density at radius 1 is 1.13 bits per heavy atom. The topological polar surface area (TPSA) is 78.5 Å². The minimum absolute atomic E-state index is 0.0161. The van der Waals surface area contributed by atoms with Crippen LogP contribution in [0, 0.1) is 18.8 Å². The van der Waals surface area contributed by atoms with Crippen LogP contribution in [-0.2, 0) is 4.79 Å². The van der Waals surface area contributed by atoms with Crippen LogP contribution in [0.1, 0.15) is 52.3 Å². The molecule has 3 rings (SSSR count). The van der Waals surface area contributed by atoms with Gasteiger partial charge in [-0.25, -0.2) is 0 Å². The maximum Gasteiger partial charge on any atom is 0.262 e. The van der Waals surface area contributed by atoms with Crippen molar-refractivity contribution >= 4 is 29.1 Å². The van der Waals surface area contributed by atoms with Crippen LogP contribution >= 0.6 is 11.3 Å². The van der Waals surface area contributed by atoms with Crippen molar-refractivity contribution in [1.29, 1.82) is 0 Å². The molecule has 1 atom stereocenters. The van der Waals surface area contributed by atoms with Crippen LogP contribution in [0.15, 0.2) is 41.8 Å². The zero-order chi connectivity index (χ0) is 22.4. The molecule has 31 heavy (non-hydrogen) atoms. The van der Waals surface area contributed by atoms with E-state index in [0.717, 1.165) is 5.56 Å². The predicted molar refractivity (Wildman–Crippen MR) is 123 cm³/mol. The molecular weight excluding hydrogens is 410 g/mol. The Labute approximate surface area is 188 Å². The molecule has 1 aliphatic heterocycles. The summed E-state index contributed by atoms with van der Waals surface area (Å²) in [5, 5.41) is 7.76. The van der Waals surface area contributed by atoms with Crippen molar-refractivity contribution < 1.29 is 14.4 Å². The lowest BCUT2D eigenvalue weighted by atomic mass is 9.88. The monoisotopic (exact) mass is 441 g/mol. The molecule has 1 saturated heterocycles. The smallest absolute Gasteiger partial charge is 0.262 e. The van der Waals surface area contributed by atoms with Crippen molar-refractivity contribution in [2.45, 2.75) is 39.7 Å². The van der Waals surface area contributed by atoms with E-state index in [-0.39, 0.29) is 23.6 Å². The molecule has 1 aromatic heterocycles. The van der Waals surface area contributed by atoms with E-state index in [1.54, 1.807) is 6.07 Å². The summed E-state index contributed by atoms with van der Waals surface area (Å²) in [5.74, 6) is -0.0466. The molecular formula is C24H31N3O3S. The van der Waals surface area contributed by atoms with Crippen molar-refractivity contribution in [1.82, 2.24) is 15.5 Å². The molecule has 3 amide bonds. The minimum atomic E-state index is -0.607. The average molecular weight is 442 g/mol. The first kappa shape index (κ1) is 23.0. The highest BCUT2D eigenvalue weighted by Gasteiger charge is 2.34. The van der Waals surface area contributed by atoms with E-state index < -0.39 is 6.04 Å². The first-order valence-corrected chi connectivity index (χ1v) is 11.7. The van der Waals surface area contributed by atoms with Gasteiger partial charge in [-0.15, -0.1) is 11.3 Å². The molecule has 2 aromatic rings. The highest BCUT2D eigenvalue weighted by molar-refractivity contribution is 7.12. The summed E-state index contributed by atoms with van der Waals surface area (Å²) in [7, 11) is 0. The summed E-state index contributed by atoms with van der Waals surface area (Å²) >= 11 is 1.36. The second kappa shape index (κ2) is 10.6. The molecule has 6 nitrogen and oxygen atoms in total. The number of nitrogens with one attached hydrogen (secondary N) is 2. The van der Waals surface area contributed by atoms with Gasteiger partial charge in [0.2, 0.25) is 5.91 Å². The molecule has 1 fully saturated rings. The summed E-state index contributed by atoms with van der Waals surface area (Å²) < 4.78 is 0. The number of likely N-dealkylation sites (tertiary alicyclic amines) is 1. The number of piperidine rings is 1. The lowest BCUT2D eigenvalue weighted by Crippen LogP contribution is -2.54. The maximum atomic E-state index is 12.9. The van der Waals surface area contributed by atoms with Crippen LogP contribution in [0.2, 0.25) is 0 Å². The second-order valence-corrected chi connectivity index (χ2v) is 9.51. The molecule has 0 saturated carbocycles. The van der Waals surface area contributed by atoms with Crippen LogP contribution in [0.5, 0.6) is 0 Å². The molecule has 7 heteroatoms. The normalized spacial score (nSPS) is 15.5. The Morgan fingerprint density at radius 3 is 2.48 bits per heavy atom. The fourth-order valence-electron chi connectivity index (χ4n) is 3.83. The number of carbonyl (C=O) groups is 3. The van der Waals surface area contributed by atoms with E-state index in [1.807, 2.05) is 61.4 Å². The molecule has 1 aromatic carbocycles. The van der Waals surface area contributed by atoms with Crippen molar-refractivity contribution in [2.75, 3.05) is 19.6 Å². The molecule has 0 unspecified atom stereocenters. The molecule has 0 spiro atoms. The molecule has 0 aliphatic carbocycles. The van der Waals surface area contributed by atoms with Crippen LogP contribution in [0.4, 0.5) is 0 Å². The molecule has 2 N–H and O–H groups in total. The van der Waals surface area contributed by atoms with Gasteiger partial charge in [0, 0.05) is 25.2 Å². The van der Waals surface area contributed by atoms with Gasteiger partial charge in [0.05, 0.1) is 4.88 Å². The van der Waals surface area contributed by atoms with Gasteiger partial charge >= 0.3 is 0 Å². The molecule has 166 valence electrons. The van der Waals surface area contributed by atoms with Crippen molar-refractivity contribution in [3.8, 4) is 0 Å². The average Bonchev–Trinajstić information content (AvgIpc) is 3.30. The van der Waals surface area contributed by atoms with E-state index in [0.29, 0.717) is 48.8 Å². The summed E-state index contributed by atoms with van der Waals surface area (Å²) in [6, 6.07) is 10.6. The van der Waals surface area contributed by atoms with Gasteiger partial charge in [-0.1, -0.05) is 37.6 Å². The third kappa shape index (κ3) is 6.17. The molecule has 1 aliphatic rings. The summed E-state index contributed by atoms with van der Waals surface area (Å²) in [6.45, 7) is 7.75. The van der Waals surface area contributed by atoms with Gasteiger partial charge in [0.15, 0.2) is 0 Å². The Morgan fingerprint density at radius 2 is 1.87 bits per heavy atom. The van der Waals surface area contributed by atoms with E-state index in [1.165, 1.54) is 11.3 Å². The zero-order valence-electron chi connectivity index (χ0n) is 18.4. The van der Waals surface area contributed by atoms with Crippen LogP contribution in [-0.4, -0.2) is 48.3 Å². The van der Waals surface area contributed by atoms with Gasteiger partial charge in [0.1, 0.15) is 6.04 Å². The highest BCUT2D eigenvalue weighted by atomic mass is 32.1. The largest absolute Gasteiger partial charge is 0.354 e. The van der Waals surface area contributed by atoms with Crippen LogP contribution in [0.3, 0.4) is 0 Å².